The number of hydrogen-bond acceptors (Lipinski definition) is 4. The van der Waals surface area contributed by atoms with E-state index in [-0.39, 0.29) is 0 Å². The number of pyridine rings is 1. The minimum atomic E-state index is 0.310. The lowest BCUT2D eigenvalue weighted by molar-refractivity contribution is 0.0911. The van der Waals surface area contributed by atoms with E-state index in [0.717, 1.165) is 37.8 Å². The van der Waals surface area contributed by atoms with Crippen molar-refractivity contribution >= 4 is 0 Å². The lowest BCUT2D eigenvalue weighted by Gasteiger charge is -2.39. The molecule has 2 N–H and O–H groups in total. The van der Waals surface area contributed by atoms with Gasteiger partial charge in [0.25, 0.3) is 0 Å². The Morgan fingerprint density at radius 1 is 1.20 bits per heavy atom. The van der Waals surface area contributed by atoms with Crippen LogP contribution in [-0.2, 0) is 0 Å². The maximum atomic E-state index is 6.01. The van der Waals surface area contributed by atoms with Gasteiger partial charge in [0.05, 0.1) is 0 Å². The number of rotatable bonds is 5. The molecule has 1 unspecified atom stereocenters. The summed E-state index contributed by atoms with van der Waals surface area (Å²) < 4.78 is 0. The Labute approximate surface area is 123 Å². The van der Waals surface area contributed by atoms with E-state index >= 15 is 0 Å². The third-order valence-corrected chi connectivity index (χ3v) is 4.01. The lowest BCUT2D eigenvalue weighted by Crippen LogP contribution is -2.49. The Morgan fingerprint density at radius 3 is 2.40 bits per heavy atom. The van der Waals surface area contributed by atoms with Crippen molar-refractivity contribution in [2.24, 2.45) is 11.7 Å². The van der Waals surface area contributed by atoms with Crippen LogP contribution in [0.5, 0.6) is 0 Å². The van der Waals surface area contributed by atoms with E-state index in [2.05, 4.69) is 40.8 Å². The van der Waals surface area contributed by atoms with E-state index < -0.39 is 0 Å². The summed E-state index contributed by atoms with van der Waals surface area (Å²) in [6, 6.07) is 4.55. The number of nitrogens with zero attached hydrogens (tertiary/aromatic N) is 3. The lowest BCUT2D eigenvalue weighted by atomic mass is 10.1. The van der Waals surface area contributed by atoms with Crippen molar-refractivity contribution in [1.82, 2.24) is 14.8 Å². The molecule has 1 aliphatic heterocycles. The Bertz CT molecular complexity index is 393. The molecule has 1 aliphatic rings. The smallest absolute Gasteiger partial charge is 0.0486 e. The van der Waals surface area contributed by atoms with Crippen molar-refractivity contribution in [3.8, 4) is 0 Å². The molecule has 1 fully saturated rings. The zero-order valence-corrected chi connectivity index (χ0v) is 13.0. The van der Waals surface area contributed by atoms with Crippen molar-refractivity contribution in [3.05, 3.63) is 29.6 Å². The first kappa shape index (κ1) is 15.4. The van der Waals surface area contributed by atoms with Crippen LogP contribution in [0.1, 0.15) is 31.1 Å². The van der Waals surface area contributed by atoms with Gasteiger partial charge in [0, 0.05) is 57.2 Å². The van der Waals surface area contributed by atoms with Crippen LogP contribution < -0.4 is 5.73 Å². The second-order valence-corrected chi connectivity index (χ2v) is 6.21. The molecule has 0 amide bonds. The van der Waals surface area contributed by atoms with E-state index in [9.17, 15) is 0 Å². The van der Waals surface area contributed by atoms with Gasteiger partial charge in [0.2, 0.25) is 0 Å². The first-order valence-electron chi connectivity index (χ1n) is 7.69. The maximum Gasteiger partial charge on any atom is 0.0486 e. The van der Waals surface area contributed by atoms with Crippen molar-refractivity contribution in [1.29, 1.82) is 0 Å². The summed E-state index contributed by atoms with van der Waals surface area (Å²) in [5, 5.41) is 0. The molecule has 4 nitrogen and oxygen atoms in total. The summed E-state index contributed by atoms with van der Waals surface area (Å²) >= 11 is 0. The van der Waals surface area contributed by atoms with Crippen LogP contribution in [0.4, 0.5) is 0 Å². The normalized spacial score (nSPS) is 19.4. The minimum Gasteiger partial charge on any atom is -0.329 e. The summed E-state index contributed by atoms with van der Waals surface area (Å²) in [6.45, 7) is 12.9. The molecule has 0 aliphatic carbocycles. The summed E-state index contributed by atoms with van der Waals surface area (Å²) in [5.41, 5.74) is 8.31. The second-order valence-electron chi connectivity index (χ2n) is 6.21. The van der Waals surface area contributed by atoms with Crippen molar-refractivity contribution < 1.29 is 0 Å². The highest BCUT2D eigenvalue weighted by Gasteiger charge is 2.24. The minimum absolute atomic E-state index is 0.310. The molecule has 0 aromatic carbocycles. The molecule has 2 rings (SSSR count). The van der Waals surface area contributed by atoms with Crippen LogP contribution in [0.2, 0.25) is 0 Å². The molecule has 1 atom stereocenters. The van der Waals surface area contributed by atoms with Crippen LogP contribution in [0, 0.1) is 12.8 Å². The molecule has 0 radical (unpaired) electrons. The fourth-order valence-electron chi connectivity index (χ4n) is 2.95. The van der Waals surface area contributed by atoms with Gasteiger partial charge < -0.3 is 10.6 Å². The largest absolute Gasteiger partial charge is 0.329 e. The highest BCUT2D eigenvalue weighted by Crippen LogP contribution is 2.21. The van der Waals surface area contributed by atoms with E-state index in [1.54, 1.807) is 0 Å². The highest BCUT2D eigenvalue weighted by molar-refractivity contribution is 5.18. The van der Waals surface area contributed by atoms with E-state index in [4.69, 9.17) is 5.73 Å². The number of nitrogens with two attached hydrogens (primary N) is 1. The van der Waals surface area contributed by atoms with Gasteiger partial charge in [-0.2, -0.15) is 0 Å². The van der Waals surface area contributed by atoms with Gasteiger partial charge in [-0.05, 0) is 24.5 Å². The molecular weight excluding hydrogens is 248 g/mol. The highest BCUT2D eigenvalue weighted by atomic mass is 15.3. The number of piperazine rings is 1. The molecule has 1 aromatic rings. The summed E-state index contributed by atoms with van der Waals surface area (Å²) in [4.78, 5) is 9.47. The fourth-order valence-corrected chi connectivity index (χ4v) is 2.95. The first-order chi connectivity index (χ1) is 9.60. The van der Waals surface area contributed by atoms with E-state index in [0.29, 0.717) is 12.6 Å². The Kier molecular flexibility index (Phi) is 5.52. The molecular formula is C16H28N4. The molecule has 2 heterocycles. The molecule has 1 saturated heterocycles. The molecule has 4 heteroatoms. The zero-order chi connectivity index (χ0) is 14.5. The van der Waals surface area contributed by atoms with Crippen molar-refractivity contribution in [3.63, 3.8) is 0 Å². The van der Waals surface area contributed by atoms with Crippen LogP contribution >= 0.6 is 0 Å². The van der Waals surface area contributed by atoms with Gasteiger partial charge in [-0.25, -0.2) is 0 Å². The summed E-state index contributed by atoms with van der Waals surface area (Å²) in [5.74, 6) is 0.744. The molecule has 112 valence electrons. The average molecular weight is 276 g/mol. The van der Waals surface area contributed by atoms with Gasteiger partial charge in [0.1, 0.15) is 0 Å². The van der Waals surface area contributed by atoms with Gasteiger partial charge >= 0.3 is 0 Å². The molecule has 0 saturated carbocycles. The van der Waals surface area contributed by atoms with E-state index in [1.807, 2.05) is 13.1 Å². The predicted octanol–water partition coefficient (Wildman–Crippen LogP) is 1.66. The average Bonchev–Trinajstić information content (AvgIpc) is 2.43. The summed E-state index contributed by atoms with van der Waals surface area (Å²) in [7, 11) is 0. The van der Waals surface area contributed by atoms with Crippen LogP contribution in [0.3, 0.4) is 0 Å². The predicted molar refractivity (Wildman–Crippen MR) is 83.6 cm³/mol. The van der Waals surface area contributed by atoms with Crippen LogP contribution in [0.25, 0.3) is 0 Å². The quantitative estimate of drug-likeness (QED) is 0.888. The Morgan fingerprint density at radius 2 is 1.90 bits per heavy atom. The van der Waals surface area contributed by atoms with Gasteiger partial charge in [-0.15, -0.1) is 0 Å². The maximum absolute atomic E-state index is 6.01. The Balaban J connectivity index is 1.95. The standard InChI is InChI=1S/C16H28N4/c1-13(2)12-19-6-8-20(9-7-19)16(10-17)15-5-4-14(3)18-11-15/h4-5,11,13,16H,6-10,12,17H2,1-3H3. The van der Waals surface area contributed by atoms with Crippen LogP contribution in [-0.4, -0.2) is 54.1 Å². The number of aryl methyl sites for hydroxylation is 1. The summed E-state index contributed by atoms with van der Waals surface area (Å²) in [6.07, 6.45) is 1.98. The van der Waals surface area contributed by atoms with Gasteiger partial charge in [-0.1, -0.05) is 19.9 Å². The molecule has 0 spiro atoms. The fraction of sp³-hybridized carbons (Fsp3) is 0.688. The second kappa shape index (κ2) is 7.16. The topological polar surface area (TPSA) is 45.4 Å². The Hall–Kier alpha value is -0.970. The van der Waals surface area contributed by atoms with Crippen molar-refractivity contribution in [2.75, 3.05) is 39.3 Å². The van der Waals surface area contributed by atoms with E-state index in [1.165, 1.54) is 12.1 Å². The number of aromatic nitrogens is 1. The first-order valence-corrected chi connectivity index (χ1v) is 7.69. The SMILES string of the molecule is Cc1ccc(C(CN)N2CCN(CC(C)C)CC2)cn1. The third kappa shape index (κ3) is 4.01. The number of hydrogen-bond donors (Lipinski definition) is 1. The zero-order valence-electron chi connectivity index (χ0n) is 13.0. The molecule has 1 aromatic heterocycles. The molecule has 20 heavy (non-hydrogen) atoms. The third-order valence-electron chi connectivity index (χ3n) is 4.01. The monoisotopic (exact) mass is 276 g/mol. The van der Waals surface area contributed by atoms with Gasteiger partial charge in [0.15, 0.2) is 0 Å². The van der Waals surface area contributed by atoms with Gasteiger partial charge in [-0.3, -0.25) is 9.88 Å². The van der Waals surface area contributed by atoms with Crippen LogP contribution in [0.15, 0.2) is 18.3 Å². The molecule has 0 bridgehead atoms. The van der Waals surface area contributed by atoms with Crippen molar-refractivity contribution in [2.45, 2.75) is 26.8 Å².